The lowest BCUT2D eigenvalue weighted by atomic mass is 10.1. The van der Waals surface area contributed by atoms with Gasteiger partial charge in [-0.1, -0.05) is 35.3 Å². The first kappa shape index (κ1) is 16.9. The lowest BCUT2D eigenvalue weighted by molar-refractivity contribution is -0.113. The molecule has 1 heterocycles. The molecule has 2 aromatic rings. The summed E-state index contributed by atoms with van der Waals surface area (Å²) in [6, 6.07) is 11.8. The number of nitrogens with two attached hydrogens (primary N) is 1. The van der Waals surface area contributed by atoms with Crippen molar-refractivity contribution in [2.75, 3.05) is 10.6 Å². The van der Waals surface area contributed by atoms with Crippen molar-refractivity contribution < 1.29 is 9.59 Å². The zero-order valence-electron chi connectivity index (χ0n) is 12.5. The van der Waals surface area contributed by atoms with E-state index in [0.29, 0.717) is 26.9 Å². The van der Waals surface area contributed by atoms with E-state index >= 15 is 0 Å². The number of nitrogens with zero attached hydrogens (tertiary/aromatic N) is 1. The third kappa shape index (κ3) is 3.02. The number of carbonyl (C=O) groups is 2. The number of anilines is 2. The largest absolute Gasteiger partial charge is 0.399 e. The second-order valence-corrected chi connectivity index (χ2v) is 6.96. The SMILES string of the molecule is C/C(=C1/SC(=O)N(c2ccc(Cl)c(Cl)c2)C1=O)c1cccc(N)c1. The number of nitrogen functional groups attached to an aromatic ring is 1. The highest BCUT2D eigenvalue weighted by Gasteiger charge is 2.37. The van der Waals surface area contributed by atoms with Gasteiger partial charge < -0.3 is 5.73 Å². The predicted octanol–water partition coefficient (Wildman–Crippen LogP) is 5.21. The fourth-order valence-electron chi connectivity index (χ4n) is 2.35. The molecule has 0 bridgehead atoms. The normalized spacial score (nSPS) is 16.7. The van der Waals surface area contributed by atoms with Crippen LogP contribution in [-0.2, 0) is 4.79 Å². The molecule has 0 spiro atoms. The third-order valence-electron chi connectivity index (χ3n) is 3.59. The Morgan fingerprint density at radius 1 is 1.08 bits per heavy atom. The molecule has 0 radical (unpaired) electrons. The summed E-state index contributed by atoms with van der Waals surface area (Å²) in [5.74, 6) is -0.386. The van der Waals surface area contributed by atoms with Crippen LogP contribution in [-0.4, -0.2) is 11.1 Å². The lowest BCUT2D eigenvalue weighted by Gasteiger charge is -2.13. The molecule has 1 aliphatic heterocycles. The Bertz CT molecular complexity index is 896. The number of halogens is 2. The maximum absolute atomic E-state index is 12.7. The average Bonchev–Trinajstić information content (AvgIpc) is 2.84. The molecule has 1 saturated heterocycles. The Morgan fingerprint density at radius 2 is 1.83 bits per heavy atom. The maximum Gasteiger partial charge on any atom is 0.298 e. The molecule has 0 saturated carbocycles. The number of amides is 2. The summed E-state index contributed by atoms with van der Waals surface area (Å²) in [7, 11) is 0. The van der Waals surface area contributed by atoms with Crippen molar-refractivity contribution in [1.29, 1.82) is 0 Å². The predicted molar refractivity (Wildman–Crippen MR) is 100 cm³/mol. The number of thioether (sulfide) groups is 1. The number of imide groups is 1. The van der Waals surface area contributed by atoms with E-state index in [1.54, 1.807) is 37.3 Å². The van der Waals surface area contributed by atoms with Gasteiger partial charge in [0.1, 0.15) is 0 Å². The average molecular weight is 379 g/mol. The molecule has 2 amide bonds. The molecule has 0 atom stereocenters. The zero-order chi connectivity index (χ0) is 17.4. The van der Waals surface area contributed by atoms with Crippen LogP contribution >= 0.6 is 35.0 Å². The van der Waals surface area contributed by atoms with Crippen LogP contribution in [0.5, 0.6) is 0 Å². The van der Waals surface area contributed by atoms with Crippen LogP contribution in [0.4, 0.5) is 16.2 Å². The van der Waals surface area contributed by atoms with Gasteiger partial charge in [-0.3, -0.25) is 9.59 Å². The van der Waals surface area contributed by atoms with Crippen molar-refractivity contribution in [2.45, 2.75) is 6.92 Å². The van der Waals surface area contributed by atoms with E-state index in [2.05, 4.69) is 0 Å². The van der Waals surface area contributed by atoms with Gasteiger partial charge in [0.25, 0.3) is 11.1 Å². The van der Waals surface area contributed by atoms with Gasteiger partial charge >= 0.3 is 0 Å². The van der Waals surface area contributed by atoms with Crippen LogP contribution in [0.15, 0.2) is 47.4 Å². The highest BCUT2D eigenvalue weighted by atomic mass is 35.5. The van der Waals surface area contributed by atoms with E-state index in [0.717, 1.165) is 22.2 Å². The molecule has 7 heteroatoms. The van der Waals surface area contributed by atoms with Crippen LogP contribution in [0.3, 0.4) is 0 Å². The molecule has 122 valence electrons. The topological polar surface area (TPSA) is 63.4 Å². The summed E-state index contributed by atoms with van der Waals surface area (Å²) in [4.78, 5) is 26.5. The number of hydrogen-bond acceptors (Lipinski definition) is 4. The molecule has 24 heavy (non-hydrogen) atoms. The molecule has 1 fully saturated rings. The number of hydrogen-bond donors (Lipinski definition) is 1. The third-order valence-corrected chi connectivity index (χ3v) is 5.37. The number of carbonyl (C=O) groups excluding carboxylic acids is 2. The van der Waals surface area contributed by atoms with E-state index in [1.165, 1.54) is 6.07 Å². The number of benzene rings is 2. The summed E-state index contributed by atoms with van der Waals surface area (Å²) in [6.07, 6.45) is 0. The Hall–Kier alpha value is -1.95. The maximum atomic E-state index is 12.7. The van der Waals surface area contributed by atoms with Crippen LogP contribution in [0.1, 0.15) is 12.5 Å². The van der Waals surface area contributed by atoms with Gasteiger partial charge in [0.05, 0.1) is 20.6 Å². The van der Waals surface area contributed by atoms with E-state index < -0.39 is 0 Å². The van der Waals surface area contributed by atoms with Gasteiger partial charge in [0.15, 0.2) is 0 Å². The smallest absolute Gasteiger partial charge is 0.298 e. The van der Waals surface area contributed by atoms with Crippen molar-refractivity contribution in [3.8, 4) is 0 Å². The molecule has 0 unspecified atom stereocenters. The van der Waals surface area contributed by atoms with Crippen molar-refractivity contribution in [3.63, 3.8) is 0 Å². The van der Waals surface area contributed by atoms with Crippen LogP contribution in [0.25, 0.3) is 5.57 Å². The molecule has 1 aliphatic rings. The minimum Gasteiger partial charge on any atom is -0.399 e. The molecule has 2 N–H and O–H groups in total. The Morgan fingerprint density at radius 3 is 2.50 bits per heavy atom. The quantitative estimate of drug-likeness (QED) is 0.575. The van der Waals surface area contributed by atoms with E-state index in [1.807, 2.05) is 6.07 Å². The Balaban J connectivity index is 2.02. The summed E-state index contributed by atoms with van der Waals surface area (Å²) < 4.78 is 0. The summed E-state index contributed by atoms with van der Waals surface area (Å²) in [5.41, 5.74) is 8.27. The van der Waals surface area contributed by atoms with Gasteiger partial charge in [0, 0.05) is 5.69 Å². The molecule has 4 nitrogen and oxygen atoms in total. The summed E-state index contributed by atoms with van der Waals surface area (Å²) in [6.45, 7) is 1.79. The summed E-state index contributed by atoms with van der Waals surface area (Å²) >= 11 is 12.8. The van der Waals surface area contributed by atoms with Gasteiger partial charge in [0.2, 0.25) is 0 Å². The summed E-state index contributed by atoms with van der Waals surface area (Å²) in [5, 5.41) is 0.264. The van der Waals surface area contributed by atoms with E-state index in [4.69, 9.17) is 28.9 Å². The number of allylic oxidation sites excluding steroid dienone is 1. The van der Waals surface area contributed by atoms with Crippen LogP contribution < -0.4 is 10.6 Å². The second kappa shape index (κ2) is 6.51. The zero-order valence-corrected chi connectivity index (χ0v) is 14.9. The second-order valence-electron chi connectivity index (χ2n) is 5.19. The van der Waals surface area contributed by atoms with Gasteiger partial charge in [-0.05, 0) is 60.2 Å². The molecule has 0 aromatic heterocycles. The van der Waals surface area contributed by atoms with E-state index in [-0.39, 0.29) is 16.2 Å². The van der Waals surface area contributed by atoms with Crippen molar-refractivity contribution >= 4 is 63.1 Å². The number of rotatable bonds is 2. The first-order chi connectivity index (χ1) is 11.4. The molecule has 3 rings (SSSR count). The molecule has 0 aliphatic carbocycles. The van der Waals surface area contributed by atoms with Crippen molar-refractivity contribution in [1.82, 2.24) is 0 Å². The lowest BCUT2D eigenvalue weighted by Crippen LogP contribution is -2.27. The van der Waals surface area contributed by atoms with Crippen molar-refractivity contribution in [3.05, 3.63) is 63.0 Å². The Kier molecular flexibility index (Phi) is 4.58. The first-order valence-corrected chi connectivity index (χ1v) is 8.54. The highest BCUT2D eigenvalue weighted by molar-refractivity contribution is 8.19. The fraction of sp³-hybridized carbons (Fsp3) is 0.0588. The standard InChI is InChI=1S/C17H12Cl2N2O2S/c1-9(10-3-2-4-11(20)7-10)15-16(22)21(17(23)24-15)12-5-6-13(18)14(19)8-12/h2-8H,20H2,1H3/b15-9-. The van der Waals surface area contributed by atoms with Gasteiger partial charge in [-0.25, -0.2) is 4.90 Å². The van der Waals surface area contributed by atoms with Gasteiger partial charge in [-0.2, -0.15) is 0 Å². The fourth-order valence-corrected chi connectivity index (χ4v) is 3.54. The van der Waals surface area contributed by atoms with E-state index in [9.17, 15) is 9.59 Å². The monoisotopic (exact) mass is 378 g/mol. The minimum absolute atomic E-state index is 0.282. The van der Waals surface area contributed by atoms with Crippen LogP contribution in [0.2, 0.25) is 10.0 Å². The molecule has 2 aromatic carbocycles. The highest BCUT2D eigenvalue weighted by Crippen LogP contribution is 2.40. The van der Waals surface area contributed by atoms with Crippen LogP contribution in [0, 0.1) is 0 Å². The Labute approximate surface area is 153 Å². The molecular formula is C17H12Cl2N2O2S. The molecular weight excluding hydrogens is 367 g/mol. The minimum atomic E-state index is -0.386. The van der Waals surface area contributed by atoms with Crippen molar-refractivity contribution in [2.24, 2.45) is 0 Å². The van der Waals surface area contributed by atoms with Gasteiger partial charge in [-0.15, -0.1) is 0 Å². The first-order valence-electron chi connectivity index (χ1n) is 6.96.